The van der Waals surface area contributed by atoms with Crippen molar-refractivity contribution in [1.29, 1.82) is 0 Å². The van der Waals surface area contributed by atoms with E-state index in [-0.39, 0.29) is 40.6 Å². The maximum atomic E-state index is 13.6. The molecular formula is C22H32O3. The first-order valence-corrected chi connectivity index (χ1v) is 10.0. The lowest BCUT2D eigenvalue weighted by atomic mass is 9.46. The Morgan fingerprint density at radius 1 is 1.16 bits per heavy atom. The summed E-state index contributed by atoms with van der Waals surface area (Å²) in [5.41, 5.74) is 0.384. The molecule has 0 aromatic rings. The predicted molar refractivity (Wildman–Crippen MR) is 98.0 cm³/mol. The van der Waals surface area contributed by atoms with Gasteiger partial charge >= 0.3 is 0 Å². The first-order chi connectivity index (χ1) is 11.7. The van der Waals surface area contributed by atoms with Gasteiger partial charge in [-0.15, -0.1) is 0 Å². The van der Waals surface area contributed by atoms with E-state index in [4.69, 9.17) is 0 Å². The van der Waals surface area contributed by atoms with E-state index in [1.807, 2.05) is 0 Å². The number of carbonyl (C=O) groups is 1. The van der Waals surface area contributed by atoms with Crippen LogP contribution >= 0.6 is 0 Å². The first-order valence-electron chi connectivity index (χ1n) is 10.0. The van der Waals surface area contributed by atoms with Gasteiger partial charge in [-0.05, 0) is 54.4 Å². The Morgan fingerprint density at radius 2 is 1.88 bits per heavy atom. The summed E-state index contributed by atoms with van der Waals surface area (Å²) in [4.78, 5) is 13.6. The van der Waals surface area contributed by atoms with Crippen molar-refractivity contribution in [1.82, 2.24) is 0 Å². The number of ketones is 1. The molecule has 0 saturated heterocycles. The minimum absolute atomic E-state index is 0.00489. The molecule has 0 aromatic heterocycles. The van der Waals surface area contributed by atoms with E-state index in [0.29, 0.717) is 23.0 Å². The van der Waals surface area contributed by atoms with Crippen molar-refractivity contribution in [2.45, 2.75) is 59.8 Å². The summed E-state index contributed by atoms with van der Waals surface area (Å²) in [6.45, 7) is 9.39. The number of fused-ring (bicyclic) bond motifs is 2. The van der Waals surface area contributed by atoms with Crippen molar-refractivity contribution >= 4 is 5.78 Å². The summed E-state index contributed by atoms with van der Waals surface area (Å²) < 4.78 is 0. The topological polar surface area (TPSA) is 57.5 Å². The molecule has 4 aliphatic carbocycles. The highest BCUT2D eigenvalue weighted by molar-refractivity contribution is 5.89. The normalized spacial score (nSPS) is 47.8. The van der Waals surface area contributed by atoms with Crippen molar-refractivity contribution in [2.75, 3.05) is 0 Å². The van der Waals surface area contributed by atoms with Crippen molar-refractivity contribution in [3.8, 4) is 0 Å². The van der Waals surface area contributed by atoms with Crippen LogP contribution in [0.4, 0.5) is 0 Å². The third-order valence-electron chi connectivity index (χ3n) is 8.18. The minimum Gasteiger partial charge on any atom is -0.512 e. The van der Waals surface area contributed by atoms with Crippen LogP contribution in [-0.4, -0.2) is 16.0 Å². The molecule has 0 spiro atoms. The van der Waals surface area contributed by atoms with Crippen LogP contribution in [0.5, 0.6) is 0 Å². The maximum Gasteiger partial charge on any atom is 0.141 e. The molecule has 0 radical (unpaired) electrons. The Bertz CT molecular complexity index is 658. The van der Waals surface area contributed by atoms with Gasteiger partial charge < -0.3 is 10.2 Å². The average Bonchev–Trinajstić information content (AvgIpc) is 3.19. The van der Waals surface area contributed by atoms with E-state index in [1.54, 1.807) is 6.08 Å². The van der Waals surface area contributed by atoms with E-state index in [0.717, 1.165) is 12.8 Å². The minimum atomic E-state index is -0.131. The molecule has 2 N–H and O–H groups in total. The van der Waals surface area contributed by atoms with E-state index in [1.165, 1.54) is 25.3 Å². The summed E-state index contributed by atoms with van der Waals surface area (Å²) >= 11 is 0. The molecular weight excluding hydrogens is 312 g/mol. The first kappa shape index (κ1) is 17.2. The van der Waals surface area contributed by atoms with Gasteiger partial charge in [-0.2, -0.15) is 0 Å². The summed E-state index contributed by atoms with van der Waals surface area (Å²) in [5.74, 6) is 1.53. The fourth-order valence-electron chi connectivity index (χ4n) is 7.10. The molecule has 0 aromatic carbocycles. The predicted octanol–water partition coefficient (Wildman–Crippen LogP) is 5.19. The molecule has 4 unspecified atom stereocenters. The molecule has 25 heavy (non-hydrogen) atoms. The van der Waals surface area contributed by atoms with Gasteiger partial charge in [-0.1, -0.05) is 34.1 Å². The highest BCUT2D eigenvalue weighted by Crippen LogP contribution is 2.64. The van der Waals surface area contributed by atoms with Crippen molar-refractivity contribution in [3.63, 3.8) is 0 Å². The maximum absolute atomic E-state index is 13.6. The molecule has 4 aliphatic rings. The summed E-state index contributed by atoms with van der Waals surface area (Å²) in [7, 11) is 0. The Balaban J connectivity index is 1.65. The summed E-state index contributed by atoms with van der Waals surface area (Å²) in [6.07, 6.45) is 9.16. The van der Waals surface area contributed by atoms with E-state index < -0.39 is 0 Å². The highest BCUT2D eigenvalue weighted by atomic mass is 16.3. The van der Waals surface area contributed by atoms with Crippen LogP contribution in [0.3, 0.4) is 0 Å². The Labute approximate surface area is 151 Å². The van der Waals surface area contributed by atoms with Gasteiger partial charge in [0.2, 0.25) is 0 Å². The van der Waals surface area contributed by atoms with E-state index >= 15 is 0 Å². The zero-order chi connectivity index (χ0) is 18.1. The van der Waals surface area contributed by atoms with Crippen LogP contribution in [0.1, 0.15) is 59.8 Å². The van der Waals surface area contributed by atoms with Gasteiger partial charge in [0.1, 0.15) is 17.3 Å². The van der Waals surface area contributed by atoms with Gasteiger partial charge in [0, 0.05) is 29.7 Å². The van der Waals surface area contributed by atoms with Crippen LogP contribution < -0.4 is 0 Å². The number of allylic oxidation sites excluding steroid dienone is 3. The second-order valence-corrected chi connectivity index (χ2v) is 10.1. The van der Waals surface area contributed by atoms with Gasteiger partial charge in [0.25, 0.3) is 0 Å². The molecule has 3 saturated carbocycles. The van der Waals surface area contributed by atoms with Gasteiger partial charge in [0.05, 0.1) is 0 Å². The molecule has 0 bridgehead atoms. The SMILES string of the molecule is C[C@@H]1CCC2C(C)(C)CCC[C@]2(C)[C@H]1C(=O)C1C2C=C(O)C=C(O)C21. The van der Waals surface area contributed by atoms with Gasteiger partial charge in [-0.25, -0.2) is 0 Å². The molecule has 3 heteroatoms. The molecule has 0 aliphatic heterocycles. The summed E-state index contributed by atoms with van der Waals surface area (Å²) in [6, 6.07) is 0. The average molecular weight is 344 g/mol. The van der Waals surface area contributed by atoms with Crippen LogP contribution in [0.15, 0.2) is 23.7 Å². The second-order valence-electron chi connectivity index (χ2n) is 10.1. The van der Waals surface area contributed by atoms with Crippen molar-refractivity contribution in [3.05, 3.63) is 23.7 Å². The number of Topliss-reactive ketones (excluding diaryl/α,β-unsaturated/α-hetero) is 1. The second kappa shape index (κ2) is 5.37. The van der Waals surface area contributed by atoms with Gasteiger partial charge in [-0.3, -0.25) is 4.79 Å². The molecule has 138 valence electrons. The monoisotopic (exact) mass is 344 g/mol. The van der Waals surface area contributed by atoms with E-state index in [9.17, 15) is 15.0 Å². The number of rotatable bonds is 2. The van der Waals surface area contributed by atoms with Crippen molar-refractivity contribution in [2.24, 2.45) is 46.3 Å². The number of aliphatic hydroxyl groups excluding tert-OH is 2. The Hall–Kier alpha value is -1.25. The lowest BCUT2D eigenvalue weighted by molar-refractivity contribution is -0.146. The molecule has 0 heterocycles. The fourth-order valence-corrected chi connectivity index (χ4v) is 7.10. The lowest BCUT2D eigenvalue weighted by Crippen LogP contribution is -2.53. The van der Waals surface area contributed by atoms with Crippen LogP contribution in [0.25, 0.3) is 0 Å². The molecule has 4 rings (SSSR count). The van der Waals surface area contributed by atoms with Gasteiger partial charge in [0.15, 0.2) is 0 Å². The molecule has 7 atom stereocenters. The number of hydrogen-bond donors (Lipinski definition) is 2. The summed E-state index contributed by atoms with van der Waals surface area (Å²) in [5, 5.41) is 19.9. The van der Waals surface area contributed by atoms with E-state index in [2.05, 4.69) is 27.7 Å². The molecule has 0 amide bonds. The highest BCUT2D eigenvalue weighted by Gasteiger charge is 2.63. The van der Waals surface area contributed by atoms with Crippen molar-refractivity contribution < 1.29 is 15.0 Å². The number of aliphatic hydroxyl groups is 2. The molecule has 3 fully saturated rings. The van der Waals surface area contributed by atoms with Crippen LogP contribution in [-0.2, 0) is 4.79 Å². The number of carbonyl (C=O) groups excluding carboxylic acids is 1. The zero-order valence-corrected chi connectivity index (χ0v) is 16.0. The fraction of sp³-hybridized carbons (Fsp3) is 0.773. The van der Waals surface area contributed by atoms with Crippen LogP contribution in [0, 0.1) is 46.3 Å². The third-order valence-corrected chi connectivity index (χ3v) is 8.18. The number of hydrogen-bond acceptors (Lipinski definition) is 3. The largest absolute Gasteiger partial charge is 0.512 e. The lowest BCUT2D eigenvalue weighted by Gasteiger charge is -2.58. The smallest absolute Gasteiger partial charge is 0.141 e. The third kappa shape index (κ3) is 2.41. The van der Waals surface area contributed by atoms with Crippen LogP contribution in [0.2, 0.25) is 0 Å². The Morgan fingerprint density at radius 3 is 2.60 bits per heavy atom. The zero-order valence-electron chi connectivity index (χ0n) is 16.0. The molecule has 3 nitrogen and oxygen atoms in total. The standard InChI is InChI=1S/C22H32O3/c1-12-6-7-16-21(2,3)8-5-9-22(16,4)19(12)20(25)18-14-10-13(23)11-15(24)17(14)18/h10-12,14,16-19,23-24H,5-9H2,1-4H3/t12-,14?,16?,17?,18?,19-,22+/m1/s1. The quantitative estimate of drug-likeness (QED) is 0.724. The Kier molecular flexibility index (Phi) is 3.69.